The van der Waals surface area contributed by atoms with Crippen LogP contribution in [0.5, 0.6) is 0 Å². The van der Waals surface area contributed by atoms with Gasteiger partial charge in [-0.25, -0.2) is 15.0 Å². The molecule has 1 saturated heterocycles. The maximum atomic E-state index is 4.95. The fraction of sp³-hybridized carbons (Fsp3) is 0.435. The molecule has 2 aromatic heterocycles. The number of pyridine rings is 1. The second kappa shape index (κ2) is 7.74. The summed E-state index contributed by atoms with van der Waals surface area (Å²) in [5.41, 5.74) is 2.10. The first kappa shape index (κ1) is 18.7. The molecule has 1 aliphatic heterocycles. The predicted molar refractivity (Wildman–Crippen MR) is 116 cm³/mol. The zero-order chi connectivity index (χ0) is 19.7. The van der Waals surface area contributed by atoms with Crippen LogP contribution in [-0.4, -0.2) is 41.1 Å². The standard InChI is InChI=1S/C23H29N5/c1-16-12-13-17(2)28(16)22-11-7-8-18(24-22)14-15-21-25-20-10-6-5-9-19(20)23(26-21)27(3)4/h5-11,16-17H,12-15H2,1-4H3. The van der Waals surface area contributed by atoms with E-state index in [1.54, 1.807) is 0 Å². The van der Waals surface area contributed by atoms with Crippen molar-refractivity contribution in [3.05, 3.63) is 54.0 Å². The normalized spacial score (nSPS) is 19.4. The van der Waals surface area contributed by atoms with Crippen LogP contribution in [0.1, 0.15) is 38.2 Å². The molecule has 1 fully saturated rings. The topological polar surface area (TPSA) is 45.2 Å². The van der Waals surface area contributed by atoms with Crippen LogP contribution >= 0.6 is 0 Å². The summed E-state index contributed by atoms with van der Waals surface area (Å²) >= 11 is 0. The molecule has 4 rings (SSSR count). The van der Waals surface area contributed by atoms with E-state index in [1.165, 1.54) is 12.8 Å². The molecule has 0 radical (unpaired) electrons. The van der Waals surface area contributed by atoms with Crippen LogP contribution in [0.3, 0.4) is 0 Å². The first-order valence-electron chi connectivity index (χ1n) is 10.2. The van der Waals surface area contributed by atoms with Crippen LogP contribution in [-0.2, 0) is 12.8 Å². The van der Waals surface area contributed by atoms with Gasteiger partial charge in [0.25, 0.3) is 0 Å². The van der Waals surface area contributed by atoms with Crippen LogP contribution in [0.4, 0.5) is 11.6 Å². The number of anilines is 2. The van der Waals surface area contributed by atoms with Crippen LogP contribution < -0.4 is 9.80 Å². The van der Waals surface area contributed by atoms with Crippen LogP contribution in [0, 0.1) is 0 Å². The molecule has 5 heteroatoms. The molecule has 2 unspecified atom stereocenters. The summed E-state index contributed by atoms with van der Waals surface area (Å²) in [7, 11) is 4.06. The Hall–Kier alpha value is -2.69. The fourth-order valence-corrected chi connectivity index (χ4v) is 4.20. The van der Waals surface area contributed by atoms with E-state index in [-0.39, 0.29) is 0 Å². The van der Waals surface area contributed by atoms with Crippen molar-refractivity contribution in [1.82, 2.24) is 15.0 Å². The van der Waals surface area contributed by atoms with Gasteiger partial charge in [0.05, 0.1) is 5.52 Å². The second-order valence-corrected chi connectivity index (χ2v) is 8.04. The minimum absolute atomic E-state index is 0.559. The molecule has 146 valence electrons. The third kappa shape index (κ3) is 3.66. The van der Waals surface area contributed by atoms with Crippen molar-refractivity contribution >= 4 is 22.5 Å². The molecule has 28 heavy (non-hydrogen) atoms. The van der Waals surface area contributed by atoms with Gasteiger partial charge < -0.3 is 9.80 Å². The summed E-state index contributed by atoms with van der Waals surface area (Å²) in [4.78, 5) is 19.1. The first-order chi connectivity index (χ1) is 13.5. The minimum Gasteiger partial charge on any atom is -0.362 e. The van der Waals surface area contributed by atoms with Gasteiger partial charge in [-0.05, 0) is 57.4 Å². The summed E-state index contributed by atoms with van der Waals surface area (Å²) in [6.07, 6.45) is 4.11. The number of hydrogen-bond donors (Lipinski definition) is 0. The minimum atomic E-state index is 0.559. The van der Waals surface area contributed by atoms with Gasteiger partial charge in [-0.1, -0.05) is 18.2 Å². The Morgan fingerprint density at radius 1 is 0.893 bits per heavy atom. The molecule has 0 saturated carbocycles. The van der Waals surface area contributed by atoms with E-state index in [1.807, 2.05) is 26.2 Å². The molecular weight excluding hydrogens is 346 g/mol. The lowest BCUT2D eigenvalue weighted by atomic mass is 10.2. The lowest BCUT2D eigenvalue weighted by Crippen LogP contribution is -2.33. The third-order valence-corrected chi connectivity index (χ3v) is 5.67. The molecule has 2 atom stereocenters. The quantitative estimate of drug-likeness (QED) is 0.667. The number of aryl methyl sites for hydroxylation is 2. The lowest BCUT2D eigenvalue weighted by molar-refractivity contribution is 0.679. The number of hydrogen-bond acceptors (Lipinski definition) is 5. The van der Waals surface area contributed by atoms with Crippen molar-refractivity contribution in [1.29, 1.82) is 0 Å². The predicted octanol–water partition coefficient (Wildman–Crippen LogP) is 4.25. The molecule has 0 aliphatic carbocycles. The second-order valence-electron chi connectivity index (χ2n) is 8.04. The van der Waals surface area contributed by atoms with Crippen molar-refractivity contribution in [3.63, 3.8) is 0 Å². The van der Waals surface area contributed by atoms with E-state index in [2.05, 4.69) is 54.0 Å². The molecule has 5 nitrogen and oxygen atoms in total. The van der Waals surface area contributed by atoms with Gasteiger partial charge in [0.15, 0.2) is 0 Å². The molecule has 3 heterocycles. The highest BCUT2D eigenvalue weighted by atomic mass is 15.2. The van der Waals surface area contributed by atoms with Gasteiger partial charge in [-0.2, -0.15) is 0 Å². The van der Waals surface area contributed by atoms with E-state index in [0.29, 0.717) is 12.1 Å². The van der Waals surface area contributed by atoms with Crippen LogP contribution in [0.25, 0.3) is 10.9 Å². The number of para-hydroxylation sites is 1. The van der Waals surface area contributed by atoms with Gasteiger partial charge in [0, 0.05) is 43.7 Å². The van der Waals surface area contributed by atoms with Gasteiger partial charge in [-0.3, -0.25) is 0 Å². The fourth-order valence-electron chi connectivity index (χ4n) is 4.20. The van der Waals surface area contributed by atoms with Crippen molar-refractivity contribution in [2.45, 2.75) is 51.6 Å². The van der Waals surface area contributed by atoms with Crippen molar-refractivity contribution in [3.8, 4) is 0 Å². The Morgan fingerprint density at radius 3 is 2.39 bits per heavy atom. The van der Waals surface area contributed by atoms with Crippen LogP contribution in [0.2, 0.25) is 0 Å². The molecule has 1 aromatic carbocycles. The molecule has 0 spiro atoms. The summed E-state index contributed by atoms with van der Waals surface area (Å²) in [6.45, 7) is 4.59. The third-order valence-electron chi connectivity index (χ3n) is 5.67. The number of nitrogens with zero attached hydrogens (tertiary/aromatic N) is 5. The summed E-state index contributed by atoms with van der Waals surface area (Å²) in [6, 6.07) is 15.7. The average molecular weight is 376 g/mol. The summed E-state index contributed by atoms with van der Waals surface area (Å²) in [5, 5.41) is 1.09. The van der Waals surface area contributed by atoms with Crippen molar-refractivity contribution in [2.24, 2.45) is 0 Å². The van der Waals surface area contributed by atoms with E-state index < -0.39 is 0 Å². The molecule has 0 amide bonds. The molecular formula is C23H29N5. The van der Waals surface area contributed by atoms with Crippen molar-refractivity contribution < 1.29 is 0 Å². The van der Waals surface area contributed by atoms with Gasteiger partial charge in [0.1, 0.15) is 17.5 Å². The molecule has 0 N–H and O–H groups in total. The van der Waals surface area contributed by atoms with Gasteiger partial charge in [0.2, 0.25) is 0 Å². The van der Waals surface area contributed by atoms with Gasteiger partial charge in [-0.15, -0.1) is 0 Å². The maximum absolute atomic E-state index is 4.95. The van der Waals surface area contributed by atoms with E-state index in [0.717, 1.165) is 46.9 Å². The number of benzene rings is 1. The maximum Gasteiger partial charge on any atom is 0.139 e. The molecule has 0 bridgehead atoms. The Labute approximate surface area is 167 Å². The Balaban J connectivity index is 1.56. The van der Waals surface area contributed by atoms with Gasteiger partial charge >= 0.3 is 0 Å². The first-order valence-corrected chi connectivity index (χ1v) is 10.2. The summed E-state index contributed by atoms with van der Waals surface area (Å²) < 4.78 is 0. The lowest BCUT2D eigenvalue weighted by Gasteiger charge is -2.27. The average Bonchev–Trinajstić information content (AvgIpc) is 3.04. The van der Waals surface area contributed by atoms with E-state index in [4.69, 9.17) is 15.0 Å². The number of rotatable bonds is 5. The Bertz CT molecular complexity index is 958. The number of fused-ring (bicyclic) bond motifs is 1. The van der Waals surface area contributed by atoms with E-state index >= 15 is 0 Å². The zero-order valence-electron chi connectivity index (χ0n) is 17.3. The van der Waals surface area contributed by atoms with E-state index in [9.17, 15) is 0 Å². The molecule has 1 aliphatic rings. The van der Waals surface area contributed by atoms with Crippen molar-refractivity contribution in [2.75, 3.05) is 23.9 Å². The highest BCUT2D eigenvalue weighted by molar-refractivity contribution is 5.89. The highest BCUT2D eigenvalue weighted by Crippen LogP contribution is 2.29. The Kier molecular flexibility index (Phi) is 5.16. The number of aromatic nitrogens is 3. The monoisotopic (exact) mass is 375 g/mol. The largest absolute Gasteiger partial charge is 0.362 e. The molecule has 3 aromatic rings. The smallest absolute Gasteiger partial charge is 0.139 e. The van der Waals surface area contributed by atoms with Crippen LogP contribution in [0.15, 0.2) is 42.5 Å². The Morgan fingerprint density at radius 2 is 1.64 bits per heavy atom. The highest BCUT2D eigenvalue weighted by Gasteiger charge is 2.28. The summed E-state index contributed by atoms with van der Waals surface area (Å²) in [5.74, 6) is 2.95. The zero-order valence-corrected chi connectivity index (χ0v) is 17.3. The SMILES string of the molecule is CC1CCC(C)N1c1cccc(CCc2nc(N(C)C)c3ccccc3n2)n1.